The van der Waals surface area contributed by atoms with E-state index >= 15 is 0 Å². The molecule has 30 heavy (non-hydrogen) atoms. The number of benzene rings is 1. The van der Waals surface area contributed by atoms with Crippen LogP contribution in [0.25, 0.3) is 0 Å². The van der Waals surface area contributed by atoms with Crippen molar-refractivity contribution in [1.29, 1.82) is 0 Å². The number of nitrogens with zero attached hydrogens (tertiary/aromatic N) is 3. The number of nitrogens with one attached hydrogen (secondary N) is 2. The number of alkyl halides is 3. The van der Waals surface area contributed by atoms with E-state index in [4.69, 9.17) is 9.26 Å². The van der Waals surface area contributed by atoms with Crippen LogP contribution in [0.2, 0.25) is 0 Å². The van der Waals surface area contributed by atoms with E-state index in [-0.39, 0.29) is 48.4 Å². The van der Waals surface area contributed by atoms with Crippen molar-refractivity contribution in [3.05, 3.63) is 41.0 Å². The average molecular weight is 541 g/mol. The minimum atomic E-state index is -4.52. The molecule has 0 atom stereocenters. The van der Waals surface area contributed by atoms with E-state index in [1.807, 2.05) is 6.92 Å². The Morgan fingerprint density at radius 1 is 1.20 bits per heavy atom. The lowest BCUT2D eigenvalue weighted by Gasteiger charge is -2.22. The summed E-state index contributed by atoms with van der Waals surface area (Å²) in [7, 11) is 0. The zero-order valence-electron chi connectivity index (χ0n) is 17.6. The highest BCUT2D eigenvalue weighted by Gasteiger charge is 2.34. The van der Waals surface area contributed by atoms with E-state index < -0.39 is 17.3 Å². The second-order valence-corrected chi connectivity index (χ2v) is 7.32. The van der Waals surface area contributed by atoms with Crippen molar-refractivity contribution in [2.45, 2.75) is 59.5 Å². The van der Waals surface area contributed by atoms with Crippen LogP contribution in [0.4, 0.5) is 13.2 Å². The van der Waals surface area contributed by atoms with Crippen molar-refractivity contribution in [3.8, 4) is 5.75 Å². The maximum absolute atomic E-state index is 13.5. The highest BCUT2D eigenvalue weighted by Crippen LogP contribution is 2.35. The Morgan fingerprint density at radius 3 is 2.43 bits per heavy atom. The smallest absolute Gasteiger partial charge is 0.416 e. The van der Waals surface area contributed by atoms with E-state index in [1.165, 1.54) is 12.1 Å². The average Bonchev–Trinajstić information content (AvgIpc) is 3.01. The molecule has 0 unspecified atom stereocenters. The van der Waals surface area contributed by atoms with Crippen molar-refractivity contribution in [1.82, 2.24) is 20.8 Å². The molecular weight excluding hydrogens is 514 g/mol. The summed E-state index contributed by atoms with van der Waals surface area (Å²) in [6.45, 7) is 9.46. The molecule has 1 heterocycles. The van der Waals surface area contributed by atoms with Gasteiger partial charge in [0, 0.05) is 6.54 Å². The minimum Gasteiger partial charge on any atom is -0.488 e. The van der Waals surface area contributed by atoms with E-state index in [1.54, 1.807) is 27.7 Å². The van der Waals surface area contributed by atoms with E-state index in [0.717, 1.165) is 6.07 Å². The Kier molecular flexibility index (Phi) is 9.37. The summed E-state index contributed by atoms with van der Waals surface area (Å²) in [6, 6.07) is 3.92. The van der Waals surface area contributed by atoms with E-state index in [9.17, 15) is 13.2 Å². The van der Waals surface area contributed by atoms with Gasteiger partial charge in [0.15, 0.2) is 11.8 Å². The van der Waals surface area contributed by atoms with Gasteiger partial charge in [-0.25, -0.2) is 4.99 Å². The van der Waals surface area contributed by atoms with Crippen molar-refractivity contribution in [2.75, 3.05) is 6.54 Å². The number of rotatable bonds is 6. The molecule has 0 radical (unpaired) electrons. The third-order valence-corrected chi connectivity index (χ3v) is 3.54. The molecule has 1 aromatic heterocycles. The summed E-state index contributed by atoms with van der Waals surface area (Å²) < 4.78 is 51.2. The van der Waals surface area contributed by atoms with Gasteiger partial charge in [-0.1, -0.05) is 11.2 Å². The lowest BCUT2D eigenvalue weighted by atomic mass is 10.1. The second-order valence-electron chi connectivity index (χ2n) is 7.32. The highest BCUT2D eigenvalue weighted by molar-refractivity contribution is 14.0. The zero-order chi connectivity index (χ0) is 21.7. The number of ether oxygens (including phenoxy) is 1. The predicted molar refractivity (Wildman–Crippen MR) is 118 cm³/mol. The van der Waals surface area contributed by atoms with Crippen LogP contribution in [-0.2, 0) is 19.3 Å². The molecule has 0 spiro atoms. The number of aromatic nitrogens is 2. The van der Waals surface area contributed by atoms with Gasteiger partial charge in [-0.15, -0.1) is 24.0 Å². The van der Waals surface area contributed by atoms with Crippen LogP contribution in [-0.4, -0.2) is 28.2 Å². The third-order valence-electron chi connectivity index (χ3n) is 3.54. The summed E-state index contributed by atoms with van der Waals surface area (Å²) >= 11 is 0. The topological polar surface area (TPSA) is 84.6 Å². The van der Waals surface area contributed by atoms with Crippen LogP contribution >= 0.6 is 24.0 Å². The summed E-state index contributed by atoms with van der Waals surface area (Å²) in [5.74, 6) is 1.35. The number of halogens is 4. The fraction of sp³-hybridized carbons (Fsp3) is 0.526. The lowest BCUT2D eigenvalue weighted by molar-refractivity contribution is -0.138. The third kappa shape index (κ3) is 8.36. The first kappa shape index (κ1) is 26.0. The molecule has 0 aliphatic heterocycles. The van der Waals surface area contributed by atoms with Crippen LogP contribution < -0.4 is 15.4 Å². The first-order valence-corrected chi connectivity index (χ1v) is 9.18. The van der Waals surface area contributed by atoms with E-state index in [0.29, 0.717) is 24.2 Å². The molecule has 0 amide bonds. The Balaban J connectivity index is 0.00000450. The molecule has 0 saturated heterocycles. The number of hydrogen-bond donors (Lipinski definition) is 2. The molecule has 2 N–H and O–H groups in total. The van der Waals surface area contributed by atoms with Gasteiger partial charge in [0.25, 0.3) is 0 Å². The van der Waals surface area contributed by atoms with Gasteiger partial charge >= 0.3 is 6.18 Å². The summed E-state index contributed by atoms with van der Waals surface area (Å²) in [5.41, 5.74) is -1.33. The van der Waals surface area contributed by atoms with Crippen LogP contribution in [0.5, 0.6) is 5.75 Å². The Labute approximate surface area is 190 Å². The number of aliphatic imine (C=N–C) groups is 1. The molecular formula is C19H27F3IN5O2. The quantitative estimate of drug-likeness (QED) is 0.320. The van der Waals surface area contributed by atoms with Gasteiger partial charge in [0.2, 0.25) is 5.89 Å². The lowest BCUT2D eigenvalue weighted by Crippen LogP contribution is -2.36. The normalized spacial score (nSPS) is 12.3. The van der Waals surface area contributed by atoms with Crippen molar-refractivity contribution >= 4 is 29.9 Å². The Hall–Kier alpha value is -2.05. The van der Waals surface area contributed by atoms with Gasteiger partial charge < -0.3 is 19.9 Å². The number of guanidine groups is 1. The molecule has 2 aromatic rings. The molecule has 0 aliphatic rings. The molecule has 11 heteroatoms. The van der Waals surface area contributed by atoms with E-state index in [2.05, 4.69) is 25.8 Å². The summed E-state index contributed by atoms with van der Waals surface area (Å²) in [4.78, 5) is 8.31. The number of hydrogen-bond acceptors (Lipinski definition) is 5. The van der Waals surface area contributed by atoms with Crippen LogP contribution in [0.3, 0.4) is 0 Å². The molecule has 0 fully saturated rings. The first-order chi connectivity index (χ1) is 13.5. The van der Waals surface area contributed by atoms with Crippen molar-refractivity contribution in [3.63, 3.8) is 0 Å². The molecule has 0 saturated carbocycles. The number of aryl methyl sites for hydroxylation is 1. The largest absolute Gasteiger partial charge is 0.488 e. The first-order valence-electron chi connectivity index (χ1n) is 9.18. The van der Waals surface area contributed by atoms with Crippen LogP contribution in [0, 0.1) is 6.92 Å². The molecule has 0 bridgehead atoms. The molecule has 2 rings (SSSR count). The monoisotopic (exact) mass is 541 g/mol. The molecule has 168 valence electrons. The van der Waals surface area contributed by atoms with Crippen LogP contribution in [0.1, 0.15) is 50.5 Å². The highest BCUT2D eigenvalue weighted by atomic mass is 127. The molecule has 1 aromatic carbocycles. The Morgan fingerprint density at radius 2 is 1.90 bits per heavy atom. The Bertz CT molecular complexity index is 847. The van der Waals surface area contributed by atoms with Gasteiger partial charge in [-0.3, -0.25) is 0 Å². The SMILES string of the molecule is CCNC(=NCc1ccc(OC(C)(C)C)cc1C(F)(F)F)NCc1nc(C)no1.I. The molecule has 7 nitrogen and oxygen atoms in total. The maximum Gasteiger partial charge on any atom is 0.416 e. The molecule has 0 aliphatic carbocycles. The van der Waals surface area contributed by atoms with Crippen LogP contribution in [0.15, 0.2) is 27.7 Å². The maximum atomic E-state index is 13.5. The van der Waals surface area contributed by atoms with Gasteiger partial charge in [0.05, 0.1) is 18.7 Å². The van der Waals surface area contributed by atoms with Gasteiger partial charge in [-0.2, -0.15) is 18.2 Å². The zero-order valence-corrected chi connectivity index (χ0v) is 19.9. The van der Waals surface area contributed by atoms with Gasteiger partial charge in [0.1, 0.15) is 11.4 Å². The second kappa shape index (κ2) is 10.8. The minimum absolute atomic E-state index is 0. The fourth-order valence-electron chi connectivity index (χ4n) is 2.45. The summed E-state index contributed by atoms with van der Waals surface area (Å²) in [5, 5.41) is 9.61. The standard InChI is InChI=1S/C19H26F3N5O2.HI/c1-6-23-17(25-11-16-26-12(2)27-29-16)24-10-13-7-8-14(28-18(3,4)5)9-15(13)19(20,21)22;/h7-9H,6,10-11H2,1-5H3,(H2,23,24,25);1H. The van der Waals surface area contributed by atoms with Gasteiger partial charge in [-0.05, 0) is 52.3 Å². The summed E-state index contributed by atoms with van der Waals surface area (Å²) in [6.07, 6.45) is -4.52. The fourth-order valence-corrected chi connectivity index (χ4v) is 2.45. The predicted octanol–water partition coefficient (Wildman–Crippen LogP) is 4.45. The van der Waals surface area contributed by atoms with Crippen molar-refractivity contribution < 1.29 is 22.4 Å². The van der Waals surface area contributed by atoms with Crippen molar-refractivity contribution in [2.24, 2.45) is 4.99 Å².